The molecule has 218 valence electrons. The topological polar surface area (TPSA) is 114 Å². The van der Waals surface area contributed by atoms with Gasteiger partial charge in [-0.15, -0.1) is 0 Å². The molecule has 0 aromatic heterocycles. The zero-order valence-electron chi connectivity index (χ0n) is 24.3. The van der Waals surface area contributed by atoms with E-state index in [1.165, 1.54) is 11.8 Å². The fourth-order valence-corrected chi connectivity index (χ4v) is 4.90. The SMILES string of the molecule is CC(OCc1ccccc1)C(NC(=O)C1(C(C)O)CCC(C)N1C(=O)OC(C)(C)C)C(=O)OCc1ccccc1. The second kappa shape index (κ2) is 13.3. The van der Waals surface area contributed by atoms with E-state index in [2.05, 4.69) is 5.32 Å². The highest BCUT2D eigenvalue weighted by Gasteiger charge is 2.57. The maximum atomic E-state index is 14.0. The van der Waals surface area contributed by atoms with Crippen molar-refractivity contribution in [2.24, 2.45) is 0 Å². The number of rotatable bonds is 10. The molecular formula is C31H42N2O7. The summed E-state index contributed by atoms with van der Waals surface area (Å²) in [5.41, 5.74) is -0.749. The van der Waals surface area contributed by atoms with E-state index in [1.807, 2.05) is 60.7 Å². The molecule has 40 heavy (non-hydrogen) atoms. The molecule has 2 amide bonds. The predicted octanol–water partition coefficient (Wildman–Crippen LogP) is 4.36. The van der Waals surface area contributed by atoms with E-state index >= 15 is 0 Å². The van der Waals surface area contributed by atoms with Crippen LogP contribution in [-0.4, -0.2) is 63.4 Å². The van der Waals surface area contributed by atoms with Crippen molar-refractivity contribution in [3.05, 3.63) is 71.8 Å². The summed E-state index contributed by atoms with van der Waals surface area (Å²) >= 11 is 0. The molecule has 1 saturated heterocycles. The van der Waals surface area contributed by atoms with Crippen molar-refractivity contribution in [1.82, 2.24) is 10.2 Å². The highest BCUT2D eigenvalue weighted by Crippen LogP contribution is 2.38. The molecule has 2 aromatic rings. The van der Waals surface area contributed by atoms with Crippen LogP contribution in [0, 0.1) is 0 Å². The highest BCUT2D eigenvalue weighted by molar-refractivity contribution is 5.94. The van der Waals surface area contributed by atoms with E-state index in [-0.39, 0.29) is 25.7 Å². The average Bonchev–Trinajstić information content (AvgIpc) is 3.27. The fourth-order valence-electron chi connectivity index (χ4n) is 4.90. The van der Waals surface area contributed by atoms with Gasteiger partial charge in [-0.1, -0.05) is 60.7 Å². The van der Waals surface area contributed by atoms with Crippen LogP contribution in [0.1, 0.15) is 65.5 Å². The summed E-state index contributed by atoms with van der Waals surface area (Å²) in [5.74, 6) is -1.36. The fraction of sp³-hybridized carbons (Fsp3) is 0.516. The van der Waals surface area contributed by atoms with Crippen LogP contribution >= 0.6 is 0 Å². The third-order valence-corrected chi connectivity index (χ3v) is 7.08. The quantitative estimate of drug-likeness (QED) is 0.420. The van der Waals surface area contributed by atoms with Crippen molar-refractivity contribution in [3.63, 3.8) is 0 Å². The molecule has 9 heteroatoms. The van der Waals surface area contributed by atoms with Crippen LogP contribution in [0.2, 0.25) is 0 Å². The lowest BCUT2D eigenvalue weighted by Crippen LogP contribution is -2.67. The molecule has 0 bridgehead atoms. The molecule has 9 nitrogen and oxygen atoms in total. The Balaban J connectivity index is 1.86. The first-order valence-corrected chi connectivity index (χ1v) is 13.7. The second-order valence-electron chi connectivity index (χ2n) is 11.4. The normalized spacial score (nSPS) is 21.3. The molecular weight excluding hydrogens is 512 g/mol. The standard InChI is InChI=1S/C31H42N2O7/c1-21-17-18-31(23(3)34,33(21)29(37)40-30(4,5)6)28(36)32-26(22(2)38-19-24-13-9-7-10-14-24)27(35)39-20-25-15-11-8-12-16-25/h7-16,21-23,26,34H,17-20H2,1-6H3,(H,32,36). The van der Waals surface area contributed by atoms with Gasteiger partial charge in [-0.3, -0.25) is 9.69 Å². The maximum absolute atomic E-state index is 14.0. The molecule has 1 aliphatic rings. The summed E-state index contributed by atoms with van der Waals surface area (Å²) in [4.78, 5) is 42.0. The summed E-state index contributed by atoms with van der Waals surface area (Å²) in [6.07, 6.45) is -2.06. The van der Waals surface area contributed by atoms with Crippen LogP contribution in [0.15, 0.2) is 60.7 Å². The van der Waals surface area contributed by atoms with Gasteiger partial charge in [0.05, 0.1) is 18.8 Å². The molecule has 2 aromatic carbocycles. The van der Waals surface area contributed by atoms with E-state index < -0.39 is 47.4 Å². The minimum atomic E-state index is -1.64. The van der Waals surface area contributed by atoms with Gasteiger partial charge >= 0.3 is 12.1 Å². The molecule has 0 spiro atoms. The summed E-state index contributed by atoms with van der Waals surface area (Å²) in [5, 5.41) is 13.7. The van der Waals surface area contributed by atoms with Gasteiger partial charge in [-0.25, -0.2) is 9.59 Å². The van der Waals surface area contributed by atoms with Crippen LogP contribution in [0.3, 0.4) is 0 Å². The van der Waals surface area contributed by atoms with Crippen molar-refractivity contribution in [2.45, 2.75) is 103 Å². The zero-order valence-corrected chi connectivity index (χ0v) is 24.3. The Morgan fingerprint density at radius 1 is 1.00 bits per heavy atom. The van der Waals surface area contributed by atoms with Gasteiger partial charge in [0.25, 0.3) is 0 Å². The van der Waals surface area contributed by atoms with Gasteiger partial charge in [-0.2, -0.15) is 0 Å². The number of hydrogen-bond donors (Lipinski definition) is 2. The Kier molecular flexibility index (Phi) is 10.3. The molecule has 5 unspecified atom stereocenters. The minimum Gasteiger partial charge on any atom is -0.459 e. The maximum Gasteiger partial charge on any atom is 0.411 e. The number of carbonyl (C=O) groups excluding carboxylic acids is 3. The lowest BCUT2D eigenvalue weighted by atomic mass is 9.88. The lowest BCUT2D eigenvalue weighted by molar-refractivity contribution is -0.157. The number of ether oxygens (including phenoxy) is 3. The number of aliphatic hydroxyl groups is 1. The largest absolute Gasteiger partial charge is 0.459 e. The summed E-state index contributed by atoms with van der Waals surface area (Å²) < 4.78 is 17.2. The van der Waals surface area contributed by atoms with Crippen molar-refractivity contribution < 1.29 is 33.7 Å². The number of esters is 1. The van der Waals surface area contributed by atoms with Gasteiger partial charge in [-0.05, 0) is 65.5 Å². The first-order valence-electron chi connectivity index (χ1n) is 13.7. The predicted molar refractivity (Wildman–Crippen MR) is 150 cm³/mol. The number of aliphatic hydroxyl groups excluding tert-OH is 1. The Bertz CT molecular complexity index is 1130. The van der Waals surface area contributed by atoms with Crippen molar-refractivity contribution in [2.75, 3.05) is 0 Å². The number of nitrogens with zero attached hydrogens (tertiary/aromatic N) is 1. The summed E-state index contributed by atoms with van der Waals surface area (Å²) in [7, 11) is 0. The number of benzene rings is 2. The molecule has 3 rings (SSSR count). The van der Waals surface area contributed by atoms with Crippen LogP contribution in [-0.2, 0) is 37.0 Å². The van der Waals surface area contributed by atoms with Crippen molar-refractivity contribution >= 4 is 18.0 Å². The highest BCUT2D eigenvalue weighted by atomic mass is 16.6. The second-order valence-corrected chi connectivity index (χ2v) is 11.4. The smallest absolute Gasteiger partial charge is 0.411 e. The average molecular weight is 555 g/mol. The third-order valence-electron chi connectivity index (χ3n) is 7.08. The first-order chi connectivity index (χ1) is 18.8. The van der Waals surface area contributed by atoms with Gasteiger partial charge < -0.3 is 24.6 Å². The summed E-state index contributed by atoms with van der Waals surface area (Å²) in [6.45, 7) is 10.4. The van der Waals surface area contributed by atoms with E-state index in [0.29, 0.717) is 6.42 Å². The molecule has 1 aliphatic heterocycles. The molecule has 5 atom stereocenters. The number of carbonyl (C=O) groups is 3. The number of hydrogen-bond acceptors (Lipinski definition) is 7. The Labute approximate surface area is 236 Å². The Morgan fingerprint density at radius 3 is 2.08 bits per heavy atom. The number of likely N-dealkylation sites (tertiary alicyclic amines) is 1. The van der Waals surface area contributed by atoms with Gasteiger partial charge in [0.1, 0.15) is 12.2 Å². The third kappa shape index (κ3) is 7.61. The molecule has 0 radical (unpaired) electrons. The molecule has 0 aliphatic carbocycles. The lowest BCUT2D eigenvalue weighted by Gasteiger charge is -2.42. The first kappa shape index (κ1) is 31.1. The van der Waals surface area contributed by atoms with Gasteiger partial charge in [0.2, 0.25) is 5.91 Å². The molecule has 2 N–H and O–H groups in total. The monoisotopic (exact) mass is 554 g/mol. The Morgan fingerprint density at radius 2 is 1.55 bits per heavy atom. The minimum absolute atomic E-state index is 0.0140. The van der Waals surface area contributed by atoms with E-state index in [4.69, 9.17) is 14.2 Å². The molecule has 0 saturated carbocycles. The van der Waals surface area contributed by atoms with E-state index in [9.17, 15) is 19.5 Å². The number of nitrogens with one attached hydrogen (secondary N) is 1. The van der Waals surface area contributed by atoms with Crippen LogP contribution < -0.4 is 5.32 Å². The van der Waals surface area contributed by atoms with Crippen LogP contribution in [0.5, 0.6) is 0 Å². The van der Waals surface area contributed by atoms with Gasteiger partial charge in [0, 0.05) is 6.04 Å². The van der Waals surface area contributed by atoms with Crippen molar-refractivity contribution in [1.29, 1.82) is 0 Å². The molecule has 1 fully saturated rings. The molecule has 1 heterocycles. The zero-order chi connectivity index (χ0) is 29.5. The van der Waals surface area contributed by atoms with E-state index in [1.54, 1.807) is 34.6 Å². The van der Waals surface area contributed by atoms with Crippen LogP contribution in [0.4, 0.5) is 4.79 Å². The van der Waals surface area contributed by atoms with E-state index in [0.717, 1.165) is 11.1 Å². The van der Waals surface area contributed by atoms with Crippen LogP contribution in [0.25, 0.3) is 0 Å². The van der Waals surface area contributed by atoms with Gasteiger partial charge in [0.15, 0.2) is 11.6 Å². The van der Waals surface area contributed by atoms with Crippen molar-refractivity contribution in [3.8, 4) is 0 Å². The summed E-state index contributed by atoms with van der Waals surface area (Å²) in [6, 6.07) is 17.1. The Hall–Kier alpha value is -3.43. The number of amides is 2.